The van der Waals surface area contributed by atoms with Gasteiger partial charge >= 0.3 is 0 Å². The molecule has 1 saturated heterocycles. The van der Waals surface area contributed by atoms with Crippen LogP contribution in [-0.2, 0) is 11.3 Å². The van der Waals surface area contributed by atoms with E-state index in [1.807, 2.05) is 49.0 Å². The van der Waals surface area contributed by atoms with E-state index in [1.165, 1.54) is 5.56 Å². The second-order valence-electron chi connectivity index (χ2n) is 6.03. The minimum absolute atomic E-state index is 0. The predicted molar refractivity (Wildman–Crippen MR) is 101 cm³/mol. The Morgan fingerprint density at radius 1 is 1.26 bits per heavy atom. The van der Waals surface area contributed by atoms with Crippen molar-refractivity contribution in [1.82, 2.24) is 15.1 Å². The summed E-state index contributed by atoms with van der Waals surface area (Å²) in [6.07, 6.45) is 0.604. The molecule has 1 amide bonds. The van der Waals surface area contributed by atoms with Gasteiger partial charge in [-0.15, -0.1) is 12.4 Å². The van der Waals surface area contributed by atoms with Crippen LogP contribution in [-0.4, -0.2) is 67.0 Å². The van der Waals surface area contributed by atoms with Crippen LogP contribution in [0.15, 0.2) is 30.3 Å². The van der Waals surface area contributed by atoms with Gasteiger partial charge in [-0.2, -0.15) is 11.8 Å². The Labute approximate surface area is 150 Å². The summed E-state index contributed by atoms with van der Waals surface area (Å²) >= 11 is 1.94. The third-order valence-corrected chi connectivity index (χ3v) is 4.94. The van der Waals surface area contributed by atoms with Gasteiger partial charge in [0, 0.05) is 50.1 Å². The summed E-state index contributed by atoms with van der Waals surface area (Å²) < 4.78 is 0. The molecular formula is C17H28ClN3OS. The van der Waals surface area contributed by atoms with Crippen LogP contribution in [0.5, 0.6) is 0 Å². The van der Waals surface area contributed by atoms with Crippen LogP contribution in [0, 0.1) is 0 Å². The van der Waals surface area contributed by atoms with Crippen molar-refractivity contribution in [3.8, 4) is 0 Å². The third kappa shape index (κ3) is 7.57. The van der Waals surface area contributed by atoms with Crippen molar-refractivity contribution in [2.24, 2.45) is 0 Å². The number of carbonyl (C=O) groups is 1. The first-order valence-corrected chi connectivity index (χ1v) is 9.08. The Morgan fingerprint density at radius 2 is 2.00 bits per heavy atom. The normalized spacial score (nSPS) is 17.6. The van der Waals surface area contributed by atoms with Crippen molar-refractivity contribution < 1.29 is 4.79 Å². The zero-order chi connectivity index (χ0) is 15.8. The highest BCUT2D eigenvalue weighted by Gasteiger charge is 2.21. The number of halogens is 1. The maximum Gasteiger partial charge on any atom is 0.224 e. The van der Waals surface area contributed by atoms with Gasteiger partial charge in [-0.05, 0) is 19.7 Å². The minimum atomic E-state index is 0. The summed E-state index contributed by atoms with van der Waals surface area (Å²) in [5.41, 5.74) is 1.19. The molecule has 1 atom stereocenters. The fourth-order valence-corrected chi connectivity index (χ4v) is 3.46. The van der Waals surface area contributed by atoms with E-state index in [0.717, 1.165) is 31.1 Å². The van der Waals surface area contributed by atoms with Crippen LogP contribution >= 0.6 is 24.2 Å². The number of benzene rings is 1. The molecule has 0 bridgehead atoms. The van der Waals surface area contributed by atoms with E-state index in [9.17, 15) is 4.79 Å². The number of likely N-dealkylation sites (N-methyl/N-ethyl adjacent to an activating group) is 1. The van der Waals surface area contributed by atoms with Gasteiger partial charge in [0.25, 0.3) is 0 Å². The number of nitrogens with one attached hydrogen (secondary N) is 1. The molecule has 1 aromatic carbocycles. The molecule has 1 fully saturated rings. The van der Waals surface area contributed by atoms with Crippen LogP contribution in [0.25, 0.3) is 0 Å². The van der Waals surface area contributed by atoms with E-state index >= 15 is 0 Å². The Balaban J connectivity index is 0.00000264. The highest BCUT2D eigenvalue weighted by atomic mass is 35.5. The molecule has 0 aliphatic carbocycles. The molecule has 1 aliphatic heterocycles. The molecule has 0 aromatic heterocycles. The lowest BCUT2D eigenvalue weighted by molar-refractivity contribution is -0.132. The second-order valence-corrected chi connectivity index (χ2v) is 7.18. The number of amides is 1. The van der Waals surface area contributed by atoms with Gasteiger partial charge in [0.05, 0.1) is 0 Å². The molecule has 0 saturated carbocycles. The zero-order valence-corrected chi connectivity index (χ0v) is 15.7. The molecule has 1 N–H and O–H groups in total. The number of thioether (sulfide) groups is 1. The molecular weight excluding hydrogens is 330 g/mol. The quantitative estimate of drug-likeness (QED) is 0.810. The van der Waals surface area contributed by atoms with Crippen LogP contribution < -0.4 is 5.32 Å². The molecule has 23 heavy (non-hydrogen) atoms. The molecule has 2 rings (SSSR count). The first-order chi connectivity index (χ1) is 10.6. The maximum atomic E-state index is 12.7. The Morgan fingerprint density at radius 3 is 2.61 bits per heavy atom. The highest BCUT2D eigenvalue weighted by molar-refractivity contribution is 7.99. The molecule has 6 heteroatoms. The Kier molecular flexibility index (Phi) is 9.63. The third-order valence-electron chi connectivity index (χ3n) is 3.81. The van der Waals surface area contributed by atoms with Crippen molar-refractivity contribution in [3.05, 3.63) is 35.9 Å². The predicted octanol–water partition coefficient (Wildman–Crippen LogP) is 2.09. The largest absolute Gasteiger partial charge is 0.337 e. The van der Waals surface area contributed by atoms with Crippen LogP contribution in [0.1, 0.15) is 12.0 Å². The van der Waals surface area contributed by atoms with Crippen molar-refractivity contribution >= 4 is 30.1 Å². The number of rotatable bonds is 7. The van der Waals surface area contributed by atoms with E-state index in [2.05, 4.69) is 22.3 Å². The first kappa shape index (κ1) is 20.3. The second kappa shape index (κ2) is 10.9. The molecule has 0 radical (unpaired) electrons. The van der Waals surface area contributed by atoms with E-state index in [-0.39, 0.29) is 18.3 Å². The number of carbonyl (C=O) groups excluding carboxylic acids is 1. The summed E-state index contributed by atoms with van der Waals surface area (Å²) in [6, 6.07) is 10.6. The van der Waals surface area contributed by atoms with Crippen LogP contribution in [0.4, 0.5) is 0 Å². The number of nitrogens with zero attached hydrogens (tertiary/aromatic N) is 2. The van der Waals surface area contributed by atoms with E-state index in [4.69, 9.17) is 0 Å². The first-order valence-electron chi connectivity index (χ1n) is 7.92. The molecule has 130 valence electrons. The Hall–Kier alpha value is -0.750. The molecule has 4 nitrogen and oxygen atoms in total. The molecule has 0 spiro atoms. The van der Waals surface area contributed by atoms with Gasteiger partial charge in [0.2, 0.25) is 5.91 Å². The summed E-state index contributed by atoms with van der Waals surface area (Å²) in [4.78, 5) is 16.8. The van der Waals surface area contributed by atoms with Gasteiger partial charge < -0.3 is 15.1 Å². The average Bonchev–Trinajstić information content (AvgIpc) is 2.53. The van der Waals surface area contributed by atoms with E-state index < -0.39 is 0 Å². The van der Waals surface area contributed by atoms with E-state index in [1.54, 1.807) is 0 Å². The van der Waals surface area contributed by atoms with E-state index in [0.29, 0.717) is 19.0 Å². The van der Waals surface area contributed by atoms with Gasteiger partial charge in [0.15, 0.2) is 0 Å². The molecule has 1 heterocycles. The maximum absolute atomic E-state index is 12.7. The molecule has 1 unspecified atom stereocenters. The average molecular weight is 358 g/mol. The topological polar surface area (TPSA) is 35.6 Å². The molecule has 1 aromatic rings. The summed E-state index contributed by atoms with van der Waals surface area (Å²) in [5, 5.41) is 3.45. The number of hydrogen-bond acceptors (Lipinski definition) is 4. The van der Waals surface area contributed by atoms with Crippen LogP contribution in [0.2, 0.25) is 0 Å². The smallest absolute Gasteiger partial charge is 0.224 e. The fraction of sp³-hybridized carbons (Fsp3) is 0.588. The van der Waals surface area contributed by atoms with Crippen LogP contribution in [0.3, 0.4) is 0 Å². The standard InChI is InChI=1S/C17H27N3OS.ClH/c1-19(2)9-10-20(13-15-6-4-3-5-7-15)17(21)12-16-14-22-11-8-18-16;/h3-7,16,18H,8-14H2,1-2H3;1H. The lowest BCUT2D eigenvalue weighted by atomic mass is 10.1. The van der Waals surface area contributed by atoms with Crippen molar-refractivity contribution in [2.75, 3.05) is 45.2 Å². The van der Waals surface area contributed by atoms with Gasteiger partial charge in [0.1, 0.15) is 0 Å². The van der Waals surface area contributed by atoms with Crippen molar-refractivity contribution in [2.45, 2.75) is 19.0 Å². The van der Waals surface area contributed by atoms with Gasteiger partial charge in [-0.25, -0.2) is 0 Å². The van der Waals surface area contributed by atoms with Gasteiger partial charge in [-0.1, -0.05) is 30.3 Å². The van der Waals surface area contributed by atoms with Crippen molar-refractivity contribution in [3.63, 3.8) is 0 Å². The molecule has 1 aliphatic rings. The minimum Gasteiger partial charge on any atom is -0.337 e. The summed E-state index contributed by atoms with van der Waals surface area (Å²) in [6.45, 7) is 3.39. The van der Waals surface area contributed by atoms with Gasteiger partial charge in [-0.3, -0.25) is 4.79 Å². The zero-order valence-electron chi connectivity index (χ0n) is 14.0. The summed E-state index contributed by atoms with van der Waals surface area (Å²) in [7, 11) is 4.09. The monoisotopic (exact) mass is 357 g/mol. The lowest BCUT2D eigenvalue weighted by Crippen LogP contribution is -2.43. The fourth-order valence-electron chi connectivity index (χ4n) is 2.51. The highest BCUT2D eigenvalue weighted by Crippen LogP contribution is 2.13. The summed E-state index contributed by atoms with van der Waals surface area (Å²) in [5.74, 6) is 2.45. The SMILES string of the molecule is CN(C)CCN(Cc1ccccc1)C(=O)CC1CSCCN1.Cl. The Bertz CT molecular complexity index is 452. The number of hydrogen-bond donors (Lipinski definition) is 1. The van der Waals surface area contributed by atoms with Crippen molar-refractivity contribution in [1.29, 1.82) is 0 Å². The lowest BCUT2D eigenvalue weighted by Gasteiger charge is -2.28.